The lowest BCUT2D eigenvalue weighted by Crippen LogP contribution is -2.18. The van der Waals surface area contributed by atoms with Gasteiger partial charge in [0.15, 0.2) is 0 Å². The van der Waals surface area contributed by atoms with Gasteiger partial charge in [-0.2, -0.15) is 0 Å². The molecule has 100 valence electrons. The van der Waals surface area contributed by atoms with E-state index in [2.05, 4.69) is 23.6 Å². The summed E-state index contributed by atoms with van der Waals surface area (Å²) in [5.41, 5.74) is 11.4. The molecule has 1 aliphatic rings. The Kier molecular flexibility index (Phi) is 3.38. The molecule has 0 fully saturated rings. The van der Waals surface area contributed by atoms with Crippen molar-refractivity contribution in [1.29, 1.82) is 0 Å². The second kappa shape index (κ2) is 5.03. The van der Waals surface area contributed by atoms with Gasteiger partial charge in [0.1, 0.15) is 0 Å². The molecule has 0 spiro atoms. The largest absolute Gasteiger partial charge is 0.344 e. The van der Waals surface area contributed by atoms with Crippen LogP contribution in [0, 0.1) is 6.92 Å². The molecule has 1 heterocycles. The standard InChI is InChI=1S/C16H19ClN2/c1-11-9-13-15(18)7-4-8-16(13)19(11)10-12-5-2-3-6-14(12)17/h2-3,5-6,9,15H,4,7-8,10,18H2,1H3. The molecule has 1 aromatic heterocycles. The van der Waals surface area contributed by atoms with Crippen molar-refractivity contribution in [2.75, 3.05) is 0 Å². The average Bonchev–Trinajstić information content (AvgIpc) is 2.71. The number of fused-ring (bicyclic) bond motifs is 1. The zero-order chi connectivity index (χ0) is 13.4. The molecule has 2 N–H and O–H groups in total. The third-order valence-electron chi connectivity index (χ3n) is 4.06. The molecule has 0 saturated carbocycles. The Morgan fingerprint density at radius 3 is 2.95 bits per heavy atom. The van der Waals surface area contributed by atoms with Gasteiger partial charge in [0.25, 0.3) is 0 Å². The lowest BCUT2D eigenvalue weighted by molar-refractivity contribution is 0.546. The van der Waals surface area contributed by atoms with Gasteiger partial charge < -0.3 is 10.3 Å². The third-order valence-corrected chi connectivity index (χ3v) is 4.43. The van der Waals surface area contributed by atoms with Gasteiger partial charge >= 0.3 is 0 Å². The molecule has 2 nitrogen and oxygen atoms in total. The highest BCUT2D eigenvalue weighted by Crippen LogP contribution is 2.31. The summed E-state index contributed by atoms with van der Waals surface area (Å²) in [6.07, 6.45) is 3.41. The van der Waals surface area contributed by atoms with E-state index < -0.39 is 0 Å². The fraction of sp³-hybridized carbons (Fsp3) is 0.375. The number of benzene rings is 1. The zero-order valence-electron chi connectivity index (χ0n) is 11.2. The normalized spacial score (nSPS) is 18.4. The second-order valence-electron chi connectivity index (χ2n) is 5.36. The molecule has 1 aliphatic carbocycles. The first-order valence-corrected chi connectivity index (χ1v) is 7.22. The van der Waals surface area contributed by atoms with Crippen LogP contribution in [0.5, 0.6) is 0 Å². The van der Waals surface area contributed by atoms with E-state index in [0.29, 0.717) is 0 Å². The molecule has 0 amide bonds. The first-order chi connectivity index (χ1) is 9.16. The van der Waals surface area contributed by atoms with Crippen LogP contribution in [0.15, 0.2) is 30.3 Å². The van der Waals surface area contributed by atoms with Gasteiger partial charge in [-0.05, 0) is 49.4 Å². The van der Waals surface area contributed by atoms with Crippen molar-refractivity contribution in [3.8, 4) is 0 Å². The lowest BCUT2D eigenvalue weighted by atomic mass is 9.93. The Labute approximate surface area is 119 Å². The van der Waals surface area contributed by atoms with E-state index >= 15 is 0 Å². The van der Waals surface area contributed by atoms with Crippen molar-refractivity contribution in [2.45, 2.75) is 38.8 Å². The number of hydrogen-bond acceptors (Lipinski definition) is 1. The summed E-state index contributed by atoms with van der Waals surface area (Å²) in [6, 6.07) is 10.5. The van der Waals surface area contributed by atoms with Crippen LogP contribution in [0.25, 0.3) is 0 Å². The molecule has 2 aromatic rings. The van der Waals surface area contributed by atoms with Crippen molar-refractivity contribution in [1.82, 2.24) is 4.57 Å². The van der Waals surface area contributed by atoms with Crippen LogP contribution in [0.4, 0.5) is 0 Å². The Balaban J connectivity index is 2.00. The van der Waals surface area contributed by atoms with Crippen LogP contribution in [0.2, 0.25) is 5.02 Å². The van der Waals surface area contributed by atoms with Crippen molar-refractivity contribution in [3.63, 3.8) is 0 Å². The van der Waals surface area contributed by atoms with E-state index in [1.165, 1.54) is 28.9 Å². The lowest BCUT2D eigenvalue weighted by Gasteiger charge is -2.21. The summed E-state index contributed by atoms with van der Waals surface area (Å²) in [5.74, 6) is 0. The van der Waals surface area contributed by atoms with E-state index in [0.717, 1.165) is 24.4 Å². The van der Waals surface area contributed by atoms with Crippen LogP contribution in [-0.4, -0.2) is 4.57 Å². The maximum atomic E-state index is 6.27. The minimum absolute atomic E-state index is 0.204. The minimum Gasteiger partial charge on any atom is -0.344 e. The van der Waals surface area contributed by atoms with Crippen molar-refractivity contribution in [2.24, 2.45) is 5.73 Å². The predicted octanol–water partition coefficient (Wildman–Crippen LogP) is 3.83. The fourth-order valence-electron chi connectivity index (χ4n) is 3.02. The van der Waals surface area contributed by atoms with Gasteiger partial charge in [-0.25, -0.2) is 0 Å². The third kappa shape index (κ3) is 2.31. The van der Waals surface area contributed by atoms with E-state index in [1.807, 2.05) is 18.2 Å². The van der Waals surface area contributed by atoms with E-state index in [4.69, 9.17) is 17.3 Å². The molecule has 0 bridgehead atoms. The van der Waals surface area contributed by atoms with Gasteiger partial charge in [0, 0.05) is 29.0 Å². The number of halogens is 1. The maximum absolute atomic E-state index is 6.27. The molecule has 19 heavy (non-hydrogen) atoms. The van der Waals surface area contributed by atoms with Gasteiger partial charge in [-0.3, -0.25) is 0 Å². The topological polar surface area (TPSA) is 30.9 Å². The van der Waals surface area contributed by atoms with Crippen LogP contribution < -0.4 is 5.73 Å². The molecular formula is C16H19ClN2. The number of aryl methyl sites for hydroxylation is 1. The first kappa shape index (κ1) is 12.8. The van der Waals surface area contributed by atoms with E-state index in [-0.39, 0.29) is 6.04 Å². The first-order valence-electron chi connectivity index (χ1n) is 6.84. The summed E-state index contributed by atoms with van der Waals surface area (Å²) in [7, 11) is 0. The Hall–Kier alpha value is -1.25. The van der Waals surface area contributed by atoms with Gasteiger partial charge in [0.2, 0.25) is 0 Å². The Bertz CT molecular complexity index is 601. The minimum atomic E-state index is 0.204. The number of aromatic nitrogens is 1. The maximum Gasteiger partial charge on any atom is 0.0490 e. The van der Waals surface area contributed by atoms with Crippen LogP contribution in [0.1, 0.15) is 41.4 Å². The number of nitrogens with two attached hydrogens (primary N) is 1. The molecule has 3 rings (SSSR count). The van der Waals surface area contributed by atoms with Crippen LogP contribution >= 0.6 is 11.6 Å². The van der Waals surface area contributed by atoms with E-state index in [1.54, 1.807) is 0 Å². The second-order valence-corrected chi connectivity index (χ2v) is 5.77. The highest BCUT2D eigenvalue weighted by molar-refractivity contribution is 6.31. The fourth-order valence-corrected chi connectivity index (χ4v) is 3.21. The van der Waals surface area contributed by atoms with Crippen LogP contribution in [-0.2, 0) is 13.0 Å². The summed E-state index contributed by atoms with van der Waals surface area (Å²) in [4.78, 5) is 0. The number of hydrogen-bond donors (Lipinski definition) is 1. The van der Waals surface area contributed by atoms with Gasteiger partial charge in [0.05, 0.1) is 0 Å². The molecule has 1 atom stereocenters. The summed E-state index contributed by atoms with van der Waals surface area (Å²) < 4.78 is 2.37. The average molecular weight is 275 g/mol. The highest BCUT2D eigenvalue weighted by Gasteiger charge is 2.22. The van der Waals surface area contributed by atoms with Crippen molar-refractivity contribution < 1.29 is 0 Å². The molecule has 1 unspecified atom stereocenters. The van der Waals surface area contributed by atoms with Gasteiger partial charge in [-0.1, -0.05) is 29.8 Å². The smallest absolute Gasteiger partial charge is 0.0490 e. The zero-order valence-corrected chi connectivity index (χ0v) is 12.0. The molecule has 0 radical (unpaired) electrons. The van der Waals surface area contributed by atoms with Gasteiger partial charge in [-0.15, -0.1) is 0 Å². The summed E-state index contributed by atoms with van der Waals surface area (Å²) >= 11 is 6.27. The van der Waals surface area contributed by atoms with Crippen molar-refractivity contribution >= 4 is 11.6 Å². The SMILES string of the molecule is Cc1cc2c(n1Cc1ccccc1Cl)CCCC2N. The molecule has 1 aromatic carbocycles. The van der Waals surface area contributed by atoms with E-state index in [9.17, 15) is 0 Å². The number of nitrogens with zero attached hydrogens (tertiary/aromatic N) is 1. The molecular weight excluding hydrogens is 256 g/mol. The summed E-state index contributed by atoms with van der Waals surface area (Å²) in [6.45, 7) is 3.00. The van der Waals surface area contributed by atoms with Crippen molar-refractivity contribution in [3.05, 3.63) is 57.9 Å². The Morgan fingerprint density at radius 1 is 1.37 bits per heavy atom. The Morgan fingerprint density at radius 2 is 2.16 bits per heavy atom. The molecule has 0 aliphatic heterocycles. The highest BCUT2D eigenvalue weighted by atomic mass is 35.5. The molecule has 0 saturated heterocycles. The monoisotopic (exact) mass is 274 g/mol. The van der Waals surface area contributed by atoms with Crippen LogP contribution in [0.3, 0.4) is 0 Å². The molecule has 3 heteroatoms. The summed E-state index contributed by atoms with van der Waals surface area (Å²) in [5, 5.41) is 0.837. The number of rotatable bonds is 2. The predicted molar refractivity (Wildman–Crippen MR) is 79.6 cm³/mol. The quantitative estimate of drug-likeness (QED) is 0.886.